The summed E-state index contributed by atoms with van der Waals surface area (Å²) in [4.78, 5) is 13.0. The lowest BCUT2D eigenvalue weighted by Crippen LogP contribution is -1.89. The maximum atomic E-state index is 4.50. The maximum Gasteiger partial charge on any atom is 0.187 e. The molecule has 1 aromatic carbocycles. The second kappa shape index (κ2) is 4.74. The summed E-state index contributed by atoms with van der Waals surface area (Å²) in [6, 6.07) is 12.1. The van der Waals surface area contributed by atoms with Crippen molar-refractivity contribution in [2.45, 2.75) is 5.16 Å². The number of thioether (sulfide) groups is 1. The lowest BCUT2D eigenvalue weighted by Gasteiger charge is -2.03. The summed E-state index contributed by atoms with van der Waals surface area (Å²) in [5, 5.41) is 1.91. The molecular formula is C14H11N3S. The second-order valence-corrected chi connectivity index (χ2v) is 4.61. The third kappa shape index (κ3) is 2.07. The molecule has 0 unspecified atom stereocenters. The average Bonchev–Trinajstić information content (AvgIpc) is 2.47. The molecular weight excluding hydrogens is 242 g/mol. The minimum absolute atomic E-state index is 0.791. The van der Waals surface area contributed by atoms with E-state index < -0.39 is 0 Å². The monoisotopic (exact) mass is 253 g/mol. The Morgan fingerprint density at radius 2 is 1.94 bits per heavy atom. The van der Waals surface area contributed by atoms with Gasteiger partial charge in [-0.1, -0.05) is 23.9 Å². The molecule has 0 bridgehead atoms. The summed E-state index contributed by atoms with van der Waals surface area (Å²) < 4.78 is 0. The van der Waals surface area contributed by atoms with E-state index in [2.05, 4.69) is 27.1 Å². The van der Waals surface area contributed by atoms with Gasteiger partial charge in [0.1, 0.15) is 0 Å². The Kier molecular flexibility index (Phi) is 2.94. The maximum absolute atomic E-state index is 4.50. The summed E-state index contributed by atoms with van der Waals surface area (Å²) in [7, 11) is 0. The molecule has 0 aliphatic carbocycles. The van der Waals surface area contributed by atoms with Crippen LogP contribution in [0.3, 0.4) is 0 Å². The van der Waals surface area contributed by atoms with Crippen molar-refractivity contribution in [2.24, 2.45) is 0 Å². The van der Waals surface area contributed by atoms with Gasteiger partial charge in [0.2, 0.25) is 0 Å². The van der Waals surface area contributed by atoms with Gasteiger partial charge in [0, 0.05) is 23.3 Å². The molecule has 0 saturated heterocycles. The zero-order chi connectivity index (χ0) is 12.4. The van der Waals surface area contributed by atoms with Crippen LogP contribution < -0.4 is 0 Å². The molecule has 4 heteroatoms. The van der Waals surface area contributed by atoms with E-state index in [4.69, 9.17) is 0 Å². The van der Waals surface area contributed by atoms with E-state index in [1.165, 1.54) is 0 Å². The normalized spacial score (nSPS) is 10.7. The van der Waals surface area contributed by atoms with Gasteiger partial charge >= 0.3 is 0 Å². The Morgan fingerprint density at radius 3 is 2.83 bits per heavy atom. The van der Waals surface area contributed by atoms with Gasteiger partial charge in [0.05, 0.1) is 11.2 Å². The van der Waals surface area contributed by atoms with E-state index in [0.29, 0.717) is 0 Å². The highest BCUT2D eigenvalue weighted by atomic mass is 32.2. The first-order valence-electron chi connectivity index (χ1n) is 5.59. The molecule has 88 valence electrons. The van der Waals surface area contributed by atoms with Crippen molar-refractivity contribution >= 4 is 22.7 Å². The van der Waals surface area contributed by atoms with Crippen LogP contribution in [0.2, 0.25) is 0 Å². The third-order valence-corrected chi connectivity index (χ3v) is 3.28. The van der Waals surface area contributed by atoms with Crippen molar-refractivity contribution in [1.82, 2.24) is 15.0 Å². The number of hydrogen-bond acceptors (Lipinski definition) is 4. The minimum Gasteiger partial charge on any atom is -0.256 e. The molecule has 2 aromatic heterocycles. The SMILES string of the molecule is CSc1nccc(-c2ccc3ncccc3c2)n1. The van der Waals surface area contributed by atoms with Crippen molar-refractivity contribution < 1.29 is 0 Å². The predicted octanol–water partition coefficient (Wildman–Crippen LogP) is 3.41. The summed E-state index contributed by atoms with van der Waals surface area (Å²) in [6.07, 6.45) is 5.57. The minimum atomic E-state index is 0.791. The first kappa shape index (κ1) is 11.2. The molecule has 3 rings (SSSR count). The van der Waals surface area contributed by atoms with E-state index in [9.17, 15) is 0 Å². The van der Waals surface area contributed by atoms with Crippen molar-refractivity contribution in [1.29, 1.82) is 0 Å². The second-order valence-electron chi connectivity index (χ2n) is 3.84. The van der Waals surface area contributed by atoms with Crippen LogP contribution in [-0.4, -0.2) is 21.2 Å². The smallest absolute Gasteiger partial charge is 0.187 e. The van der Waals surface area contributed by atoms with Gasteiger partial charge in [-0.3, -0.25) is 4.98 Å². The Hall–Kier alpha value is -1.94. The first-order valence-corrected chi connectivity index (χ1v) is 6.81. The van der Waals surface area contributed by atoms with Gasteiger partial charge in [-0.15, -0.1) is 0 Å². The van der Waals surface area contributed by atoms with Gasteiger partial charge in [-0.25, -0.2) is 9.97 Å². The number of rotatable bonds is 2. The first-order chi connectivity index (χ1) is 8.86. The van der Waals surface area contributed by atoms with Crippen LogP contribution in [0.15, 0.2) is 53.9 Å². The van der Waals surface area contributed by atoms with Crippen LogP contribution in [0.1, 0.15) is 0 Å². The molecule has 2 heterocycles. The number of pyridine rings is 1. The predicted molar refractivity (Wildman–Crippen MR) is 74.6 cm³/mol. The molecule has 0 radical (unpaired) electrons. The topological polar surface area (TPSA) is 38.7 Å². The fourth-order valence-electron chi connectivity index (χ4n) is 1.83. The van der Waals surface area contributed by atoms with E-state index in [1.807, 2.05) is 30.5 Å². The summed E-state index contributed by atoms with van der Waals surface area (Å²) in [5.41, 5.74) is 3.04. The lowest BCUT2D eigenvalue weighted by molar-refractivity contribution is 0.976. The molecule has 0 fully saturated rings. The molecule has 0 N–H and O–H groups in total. The Balaban J connectivity index is 2.13. The molecule has 3 nitrogen and oxygen atoms in total. The molecule has 0 aliphatic rings. The molecule has 0 amide bonds. The number of nitrogens with zero attached hydrogens (tertiary/aromatic N) is 3. The van der Waals surface area contributed by atoms with Crippen molar-refractivity contribution in [3.05, 3.63) is 48.8 Å². The quantitative estimate of drug-likeness (QED) is 0.518. The van der Waals surface area contributed by atoms with Crippen LogP contribution in [-0.2, 0) is 0 Å². The summed E-state index contributed by atoms with van der Waals surface area (Å²) in [5.74, 6) is 0. The van der Waals surface area contributed by atoms with Gasteiger partial charge < -0.3 is 0 Å². The number of hydrogen-bond donors (Lipinski definition) is 0. The van der Waals surface area contributed by atoms with Crippen LogP contribution in [0.4, 0.5) is 0 Å². The average molecular weight is 253 g/mol. The van der Waals surface area contributed by atoms with Crippen LogP contribution in [0, 0.1) is 0 Å². The molecule has 0 atom stereocenters. The van der Waals surface area contributed by atoms with E-state index in [-0.39, 0.29) is 0 Å². The Labute approximate surface area is 109 Å². The molecule has 0 saturated carbocycles. The van der Waals surface area contributed by atoms with Gasteiger partial charge in [-0.2, -0.15) is 0 Å². The third-order valence-electron chi connectivity index (χ3n) is 2.71. The van der Waals surface area contributed by atoms with E-state index in [0.717, 1.165) is 27.3 Å². The molecule has 18 heavy (non-hydrogen) atoms. The van der Waals surface area contributed by atoms with Gasteiger partial charge in [0.25, 0.3) is 0 Å². The Bertz CT molecular complexity index is 697. The van der Waals surface area contributed by atoms with Gasteiger partial charge in [-0.05, 0) is 30.5 Å². The molecule has 0 aliphatic heterocycles. The highest BCUT2D eigenvalue weighted by Crippen LogP contribution is 2.22. The van der Waals surface area contributed by atoms with Crippen LogP contribution in [0.5, 0.6) is 0 Å². The van der Waals surface area contributed by atoms with E-state index in [1.54, 1.807) is 24.2 Å². The number of fused-ring (bicyclic) bond motifs is 1. The highest BCUT2D eigenvalue weighted by Gasteiger charge is 2.03. The van der Waals surface area contributed by atoms with Crippen LogP contribution in [0.25, 0.3) is 22.2 Å². The zero-order valence-corrected chi connectivity index (χ0v) is 10.7. The molecule has 3 aromatic rings. The number of aromatic nitrogens is 3. The fourth-order valence-corrected chi connectivity index (χ4v) is 2.19. The summed E-state index contributed by atoms with van der Waals surface area (Å²) >= 11 is 1.55. The van der Waals surface area contributed by atoms with Crippen molar-refractivity contribution in [2.75, 3.05) is 6.26 Å². The molecule has 0 spiro atoms. The van der Waals surface area contributed by atoms with E-state index >= 15 is 0 Å². The lowest BCUT2D eigenvalue weighted by atomic mass is 10.1. The van der Waals surface area contributed by atoms with Gasteiger partial charge in [0.15, 0.2) is 5.16 Å². The standard InChI is InChI=1S/C14H11N3S/c1-18-14-16-8-6-13(17-14)11-4-5-12-10(9-11)3-2-7-15-12/h2-9H,1H3. The fraction of sp³-hybridized carbons (Fsp3) is 0.0714. The highest BCUT2D eigenvalue weighted by molar-refractivity contribution is 7.98. The Morgan fingerprint density at radius 1 is 1.00 bits per heavy atom. The van der Waals surface area contributed by atoms with Crippen LogP contribution >= 0.6 is 11.8 Å². The largest absolute Gasteiger partial charge is 0.256 e. The van der Waals surface area contributed by atoms with Crippen molar-refractivity contribution in [3.63, 3.8) is 0 Å². The zero-order valence-electron chi connectivity index (χ0n) is 9.87. The van der Waals surface area contributed by atoms with Crippen molar-refractivity contribution in [3.8, 4) is 11.3 Å². The number of benzene rings is 1. The summed E-state index contributed by atoms with van der Waals surface area (Å²) in [6.45, 7) is 0.